The Hall–Kier alpha value is -1.79. The van der Waals surface area contributed by atoms with E-state index >= 15 is 0 Å². The molecule has 0 saturated carbocycles. The highest BCUT2D eigenvalue weighted by Crippen LogP contribution is 2.37. The number of hydrogen-bond acceptors (Lipinski definition) is 5. The molecule has 4 rings (SSSR count). The highest BCUT2D eigenvalue weighted by atomic mass is 32.2. The van der Waals surface area contributed by atoms with E-state index in [-0.39, 0.29) is 10.9 Å². The fourth-order valence-electron chi connectivity index (χ4n) is 3.88. The molecular weight excluding hydrogens is 344 g/mol. The highest BCUT2D eigenvalue weighted by molar-refractivity contribution is 8.01. The average Bonchev–Trinajstić information content (AvgIpc) is 3.08. The third kappa shape index (κ3) is 3.40. The number of carbonyl (C=O) groups excluding carboxylic acids is 1. The molecule has 26 heavy (non-hydrogen) atoms. The van der Waals surface area contributed by atoms with Crippen LogP contribution >= 0.6 is 11.8 Å². The molecule has 5 nitrogen and oxygen atoms in total. The van der Waals surface area contributed by atoms with Gasteiger partial charge in [0.15, 0.2) is 0 Å². The molecule has 2 aliphatic heterocycles. The number of rotatable bonds is 5. The predicted molar refractivity (Wildman–Crippen MR) is 108 cm³/mol. The van der Waals surface area contributed by atoms with Gasteiger partial charge in [-0.1, -0.05) is 31.5 Å². The minimum absolute atomic E-state index is 0.171. The fourth-order valence-corrected chi connectivity index (χ4v) is 5.16. The monoisotopic (exact) mass is 370 g/mol. The number of benzene rings is 1. The summed E-state index contributed by atoms with van der Waals surface area (Å²) in [5.41, 5.74) is 1.05. The van der Waals surface area contributed by atoms with Gasteiger partial charge in [0.2, 0.25) is 5.91 Å². The second kappa shape index (κ2) is 7.45. The number of carbonyl (C=O) groups is 1. The number of piperazine rings is 1. The van der Waals surface area contributed by atoms with E-state index in [1.54, 1.807) is 11.8 Å². The largest absolute Gasteiger partial charge is 0.354 e. The van der Waals surface area contributed by atoms with Crippen molar-refractivity contribution in [3.8, 4) is 0 Å². The Bertz CT molecular complexity index is 790. The van der Waals surface area contributed by atoms with Crippen molar-refractivity contribution in [3.63, 3.8) is 0 Å². The van der Waals surface area contributed by atoms with Crippen LogP contribution in [0.4, 0.5) is 5.82 Å². The van der Waals surface area contributed by atoms with Gasteiger partial charge in [0.05, 0.1) is 11.3 Å². The molecule has 2 saturated heterocycles. The van der Waals surface area contributed by atoms with Gasteiger partial charge in [-0.05, 0) is 31.0 Å². The number of hydrogen-bond donors (Lipinski definition) is 1. The van der Waals surface area contributed by atoms with Crippen molar-refractivity contribution in [2.75, 3.05) is 36.8 Å². The lowest BCUT2D eigenvalue weighted by Crippen LogP contribution is -2.60. The molecular formula is C20H26N4OS. The van der Waals surface area contributed by atoms with E-state index in [2.05, 4.69) is 46.3 Å². The lowest BCUT2D eigenvalue weighted by atomic mass is 10.1. The summed E-state index contributed by atoms with van der Waals surface area (Å²) in [4.78, 5) is 21.4. The van der Waals surface area contributed by atoms with Gasteiger partial charge in [-0.2, -0.15) is 0 Å². The maximum Gasteiger partial charge on any atom is 0.232 e. The Morgan fingerprint density at radius 3 is 2.69 bits per heavy atom. The van der Waals surface area contributed by atoms with Crippen molar-refractivity contribution in [3.05, 3.63) is 36.4 Å². The molecule has 6 heteroatoms. The number of fused-ring (bicyclic) bond motifs is 1. The Morgan fingerprint density at radius 2 is 1.96 bits per heavy atom. The van der Waals surface area contributed by atoms with Gasteiger partial charge in [-0.3, -0.25) is 9.69 Å². The number of unbranched alkanes of at least 4 members (excludes halogenated alkanes) is 1. The number of amides is 1. The van der Waals surface area contributed by atoms with Gasteiger partial charge in [0, 0.05) is 31.6 Å². The van der Waals surface area contributed by atoms with Gasteiger partial charge in [-0.25, -0.2) is 4.98 Å². The van der Waals surface area contributed by atoms with Crippen LogP contribution in [0.25, 0.3) is 10.9 Å². The molecule has 2 aromatic rings. The normalized spacial score (nSPS) is 24.2. The molecule has 1 amide bonds. The molecule has 1 aromatic carbocycles. The molecule has 3 heterocycles. The van der Waals surface area contributed by atoms with Crippen LogP contribution in [-0.4, -0.2) is 52.7 Å². The summed E-state index contributed by atoms with van der Waals surface area (Å²) in [5, 5.41) is 4.45. The van der Waals surface area contributed by atoms with E-state index < -0.39 is 0 Å². The van der Waals surface area contributed by atoms with Crippen LogP contribution in [0.5, 0.6) is 0 Å². The van der Waals surface area contributed by atoms with E-state index in [0.29, 0.717) is 5.75 Å². The quantitative estimate of drug-likeness (QED) is 0.877. The summed E-state index contributed by atoms with van der Waals surface area (Å²) in [7, 11) is 0. The Balaban J connectivity index is 1.46. The van der Waals surface area contributed by atoms with Gasteiger partial charge < -0.3 is 10.2 Å². The maximum atomic E-state index is 11.9. The summed E-state index contributed by atoms with van der Waals surface area (Å²) in [6.07, 6.45) is 3.31. The summed E-state index contributed by atoms with van der Waals surface area (Å²) >= 11 is 1.77. The van der Waals surface area contributed by atoms with Crippen molar-refractivity contribution in [2.24, 2.45) is 0 Å². The summed E-state index contributed by atoms with van der Waals surface area (Å²) in [6.45, 7) is 5.99. The minimum atomic E-state index is -0.198. The van der Waals surface area contributed by atoms with Crippen molar-refractivity contribution >= 4 is 34.4 Å². The van der Waals surface area contributed by atoms with E-state index in [1.807, 2.05) is 12.1 Å². The lowest BCUT2D eigenvalue weighted by molar-refractivity contribution is -0.120. The molecule has 1 unspecified atom stereocenters. The SMILES string of the molecule is CCCCC1(N2CCN(c3ccc4ccccc4n3)CC2)NC(=O)CS1. The van der Waals surface area contributed by atoms with Crippen LogP contribution in [0.2, 0.25) is 0 Å². The second-order valence-electron chi connectivity index (χ2n) is 7.06. The second-order valence-corrected chi connectivity index (χ2v) is 8.31. The maximum absolute atomic E-state index is 11.9. The van der Waals surface area contributed by atoms with Crippen LogP contribution in [0.3, 0.4) is 0 Å². The smallest absolute Gasteiger partial charge is 0.232 e. The molecule has 2 aliphatic rings. The first kappa shape index (κ1) is 17.6. The average molecular weight is 371 g/mol. The number of para-hydroxylation sites is 1. The van der Waals surface area contributed by atoms with Crippen molar-refractivity contribution in [2.45, 2.75) is 31.2 Å². The van der Waals surface area contributed by atoms with Crippen LogP contribution in [0.1, 0.15) is 26.2 Å². The third-order valence-electron chi connectivity index (χ3n) is 5.34. The topological polar surface area (TPSA) is 48.5 Å². The number of pyridine rings is 1. The first-order valence-corrected chi connectivity index (χ1v) is 10.5. The third-order valence-corrected chi connectivity index (χ3v) is 6.79. The Kier molecular flexibility index (Phi) is 5.05. The first-order valence-electron chi connectivity index (χ1n) is 9.51. The first-order chi connectivity index (χ1) is 12.7. The van der Waals surface area contributed by atoms with E-state index in [4.69, 9.17) is 4.98 Å². The summed E-state index contributed by atoms with van der Waals surface area (Å²) in [5.74, 6) is 1.80. The van der Waals surface area contributed by atoms with Crippen LogP contribution in [0, 0.1) is 0 Å². The Morgan fingerprint density at radius 1 is 1.15 bits per heavy atom. The van der Waals surface area contributed by atoms with Crippen molar-refractivity contribution in [1.29, 1.82) is 0 Å². The Labute approximate surface area is 159 Å². The van der Waals surface area contributed by atoms with Crippen molar-refractivity contribution in [1.82, 2.24) is 15.2 Å². The van der Waals surface area contributed by atoms with E-state index in [1.165, 1.54) is 5.39 Å². The number of nitrogens with one attached hydrogen (secondary N) is 1. The zero-order chi connectivity index (χ0) is 18.0. The molecule has 0 radical (unpaired) electrons. The molecule has 0 aliphatic carbocycles. The zero-order valence-electron chi connectivity index (χ0n) is 15.3. The fraction of sp³-hybridized carbons (Fsp3) is 0.500. The number of thioether (sulfide) groups is 1. The van der Waals surface area contributed by atoms with Crippen LogP contribution in [-0.2, 0) is 4.79 Å². The predicted octanol–water partition coefficient (Wildman–Crippen LogP) is 3.06. The number of aromatic nitrogens is 1. The van der Waals surface area contributed by atoms with Crippen LogP contribution in [0.15, 0.2) is 36.4 Å². The standard InChI is InChI=1S/C20H26N4OS/c1-2-3-10-20(22-19(25)15-26-20)24-13-11-23(12-14-24)18-9-8-16-6-4-5-7-17(16)21-18/h4-9H,2-3,10-15H2,1H3,(H,22,25). The van der Waals surface area contributed by atoms with Gasteiger partial charge in [0.1, 0.15) is 10.8 Å². The van der Waals surface area contributed by atoms with Crippen molar-refractivity contribution < 1.29 is 4.79 Å². The zero-order valence-corrected chi connectivity index (χ0v) is 16.1. The summed E-state index contributed by atoms with van der Waals surface area (Å²) in [6, 6.07) is 12.5. The summed E-state index contributed by atoms with van der Waals surface area (Å²) < 4.78 is 0. The van der Waals surface area contributed by atoms with E-state index in [0.717, 1.165) is 56.8 Å². The van der Waals surface area contributed by atoms with Gasteiger partial charge in [0.25, 0.3) is 0 Å². The molecule has 138 valence electrons. The molecule has 0 spiro atoms. The van der Waals surface area contributed by atoms with Gasteiger partial charge >= 0.3 is 0 Å². The molecule has 1 N–H and O–H groups in total. The molecule has 1 aromatic heterocycles. The molecule has 2 fully saturated rings. The van der Waals surface area contributed by atoms with E-state index in [9.17, 15) is 4.79 Å². The minimum Gasteiger partial charge on any atom is -0.354 e. The van der Waals surface area contributed by atoms with Crippen LogP contribution < -0.4 is 10.2 Å². The highest BCUT2D eigenvalue weighted by Gasteiger charge is 2.44. The number of nitrogens with zero attached hydrogens (tertiary/aromatic N) is 3. The lowest BCUT2D eigenvalue weighted by Gasteiger charge is -2.45. The van der Waals surface area contributed by atoms with Gasteiger partial charge in [-0.15, -0.1) is 11.8 Å². The molecule has 0 bridgehead atoms. The molecule has 1 atom stereocenters. The number of anilines is 1.